The van der Waals surface area contributed by atoms with Crippen LogP contribution in [0.25, 0.3) is 6.08 Å². The average Bonchev–Trinajstić information content (AvgIpc) is 3.44. The van der Waals surface area contributed by atoms with Gasteiger partial charge in [-0.25, -0.2) is 4.39 Å². The van der Waals surface area contributed by atoms with E-state index in [9.17, 15) is 14.0 Å². The van der Waals surface area contributed by atoms with Gasteiger partial charge < -0.3 is 14.5 Å². The summed E-state index contributed by atoms with van der Waals surface area (Å²) in [7, 11) is 0. The molecule has 0 aliphatic carbocycles. The third-order valence-corrected chi connectivity index (χ3v) is 7.00. The first kappa shape index (κ1) is 21.6. The molecule has 0 radical (unpaired) electrons. The molecule has 4 rings (SSSR count). The van der Waals surface area contributed by atoms with Gasteiger partial charge in [0.1, 0.15) is 0 Å². The summed E-state index contributed by atoms with van der Waals surface area (Å²) in [5.41, 5.74) is 1.16. The highest BCUT2D eigenvalue weighted by molar-refractivity contribution is 7.08. The Morgan fingerprint density at radius 2 is 1.84 bits per heavy atom. The van der Waals surface area contributed by atoms with Gasteiger partial charge in [-0.1, -0.05) is 12.1 Å². The number of carbonyl (C=O) groups excluding carboxylic acids is 2. The molecule has 0 saturated carbocycles. The van der Waals surface area contributed by atoms with Crippen molar-refractivity contribution in [1.29, 1.82) is 0 Å². The van der Waals surface area contributed by atoms with Gasteiger partial charge in [0.05, 0.1) is 13.0 Å². The number of likely N-dealkylation sites (tertiary alicyclic amines) is 2. The Kier molecular flexibility index (Phi) is 6.70. The lowest BCUT2D eigenvalue weighted by Crippen LogP contribution is -2.44. The number of para-hydroxylation sites is 1. The number of benzene rings is 1. The van der Waals surface area contributed by atoms with E-state index in [-0.39, 0.29) is 36.0 Å². The fraction of sp³-hybridized carbons (Fsp3) is 0.417. The van der Waals surface area contributed by atoms with Crippen molar-refractivity contribution < 1.29 is 18.7 Å². The monoisotopic (exact) mass is 442 g/mol. The number of hydrogen-bond donors (Lipinski definition) is 0. The van der Waals surface area contributed by atoms with E-state index >= 15 is 0 Å². The van der Waals surface area contributed by atoms with E-state index in [2.05, 4.69) is 0 Å². The van der Waals surface area contributed by atoms with Crippen molar-refractivity contribution in [3.8, 4) is 5.75 Å². The first-order valence-electron chi connectivity index (χ1n) is 10.7. The average molecular weight is 443 g/mol. The summed E-state index contributed by atoms with van der Waals surface area (Å²) < 4.78 is 19.0. The summed E-state index contributed by atoms with van der Waals surface area (Å²) in [5.74, 6) is -0.137. The molecular weight excluding hydrogens is 415 g/mol. The summed E-state index contributed by atoms with van der Waals surface area (Å²) >= 11 is 1.61. The smallest absolute Gasteiger partial charge is 0.246 e. The van der Waals surface area contributed by atoms with Crippen LogP contribution in [0.1, 0.15) is 31.2 Å². The second-order valence-corrected chi connectivity index (χ2v) is 9.09. The van der Waals surface area contributed by atoms with Gasteiger partial charge in [-0.3, -0.25) is 9.59 Å². The maximum absolute atomic E-state index is 13.6. The van der Waals surface area contributed by atoms with Crippen LogP contribution in [0.4, 0.5) is 4.39 Å². The molecule has 164 valence electrons. The van der Waals surface area contributed by atoms with Gasteiger partial charge in [0.15, 0.2) is 11.6 Å². The highest BCUT2D eigenvalue weighted by Gasteiger charge is 2.42. The lowest BCUT2D eigenvalue weighted by Gasteiger charge is -2.39. The predicted molar refractivity (Wildman–Crippen MR) is 119 cm³/mol. The van der Waals surface area contributed by atoms with Crippen LogP contribution < -0.4 is 4.74 Å². The fourth-order valence-electron chi connectivity index (χ4n) is 4.37. The quantitative estimate of drug-likeness (QED) is 0.630. The van der Waals surface area contributed by atoms with E-state index in [4.69, 9.17) is 4.74 Å². The number of piperidine rings is 1. The third-order valence-electron chi connectivity index (χ3n) is 6.30. The van der Waals surface area contributed by atoms with E-state index in [1.165, 1.54) is 6.07 Å². The SMILES string of the molecule is O=C(C=Cc1ccsc1)N1CCC2(CC1)CCN(C(=O)CCOc1ccccc1F)C2. The number of nitrogens with zero attached hydrogens (tertiary/aromatic N) is 2. The third kappa shape index (κ3) is 5.34. The van der Waals surface area contributed by atoms with Crippen molar-refractivity contribution in [2.24, 2.45) is 5.41 Å². The lowest BCUT2D eigenvalue weighted by atomic mass is 9.78. The van der Waals surface area contributed by atoms with Crippen molar-refractivity contribution in [3.63, 3.8) is 0 Å². The van der Waals surface area contributed by atoms with Crippen LogP contribution >= 0.6 is 11.3 Å². The van der Waals surface area contributed by atoms with E-state index < -0.39 is 5.82 Å². The van der Waals surface area contributed by atoms with Gasteiger partial charge >= 0.3 is 0 Å². The molecule has 1 aromatic carbocycles. The molecule has 1 aromatic heterocycles. The Labute approximate surface area is 186 Å². The Morgan fingerprint density at radius 1 is 1.10 bits per heavy atom. The van der Waals surface area contributed by atoms with Gasteiger partial charge in [-0.2, -0.15) is 11.3 Å². The van der Waals surface area contributed by atoms with Crippen LogP contribution in [0.15, 0.2) is 47.2 Å². The standard InChI is InChI=1S/C24H27FN2O3S/c25-20-3-1-2-4-21(20)30-15-7-23(29)27-14-11-24(18-27)9-12-26(13-10-24)22(28)6-5-19-8-16-31-17-19/h1-6,8,16-17H,7,9-15,18H2. The van der Waals surface area contributed by atoms with Crippen LogP contribution in [-0.2, 0) is 9.59 Å². The topological polar surface area (TPSA) is 49.9 Å². The second-order valence-electron chi connectivity index (χ2n) is 8.31. The number of ether oxygens (including phenoxy) is 1. The maximum Gasteiger partial charge on any atom is 0.246 e. The highest BCUT2D eigenvalue weighted by Crippen LogP contribution is 2.40. The zero-order valence-electron chi connectivity index (χ0n) is 17.5. The summed E-state index contributed by atoms with van der Waals surface area (Å²) in [6, 6.07) is 8.21. The minimum Gasteiger partial charge on any atom is -0.490 e. The Morgan fingerprint density at radius 3 is 2.55 bits per heavy atom. The van der Waals surface area contributed by atoms with E-state index in [1.807, 2.05) is 32.7 Å². The van der Waals surface area contributed by atoms with Crippen LogP contribution in [-0.4, -0.2) is 54.4 Å². The van der Waals surface area contributed by atoms with Crippen molar-refractivity contribution in [2.75, 3.05) is 32.8 Å². The minimum atomic E-state index is -0.415. The number of hydrogen-bond acceptors (Lipinski definition) is 4. The molecule has 5 nitrogen and oxygen atoms in total. The zero-order chi connectivity index (χ0) is 21.7. The molecule has 2 aromatic rings. The molecule has 0 unspecified atom stereocenters. The number of amides is 2. The molecule has 2 amide bonds. The number of halogens is 1. The van der Waals surface area contributed by atoms with Crippen molar-refractivity contribution in [1.82, 2.24) is 9.80 Å². The van der Waals surface area contributed by atoms with Crippen LogP contribution in [0.3, 0.4) is 0 Å². The normalized spacial score (nSPS) is 18.1. The van der Waals surface area contributed by atoms with Crippen LogP contribution in [0, 0.1) is 11.2 Å². The Balaban J connectivity index is 1.22. The summed E-state index contributed by atoms with van der Waals surface area (Å²) in [5, 5.41) is 4.01. The van der Waals surface area contributed by atoms with E-state index in [0.29, 0.717) is 0 Å². The maximum atomic E-state index is 13.6. The first-order chi connectivity index (χ1) is 15.0. The van der Waals surface area contributed by atoms with Crippen molar-refractivity contribution >= 4 is 29.2 Å². The lowest BCUT2D eigenvalue weighted by molar-refractivity contribution is -0.132. The number of carbonyl (C=O) groups is 2. The second kappa shape index (κ2) is 9.64. The largest absolute Gasteiger partial charge is 0.490 e. The summed E-state index contributed by atoms with van der Waals surface area (Å²) in [4.78, 5) is 28.9. The van der Waals surface area contributed by atoms with Crippen molar-refractivity contribution in [2.45, 2.75) is 25.7 Å². The van der Waals surface area contributed by atoms with Crippen LogP contribution in [0.2, 0.25) is 0 Å². The van der Waals surface area contributed by atoms with E-state index in [0.717, 1.165) is 51.0 Å². The van der Waals surface area contributed by atoms with Gasteiger partial charge in [0.25, 0.3) is 0 Å². The van der Waals surface area contributed by atoms with Crippen molar-refractivity contribution in [3.05, 3.63) is 58.5 Å². The molecule has 2 aliphatic heterocycles. The molecular formula is C24H27FN2O3S. The highest BCUT2D eigenvalue weighted by atomic mass is 32.1. The molecule has 2 aliphatic rings. The van der Waals surface area contributed by atoms with E-state index in [1.54, 1.807) is 35.6 Å². The van der Waals surface area contributed by atoms with Gasteiger partial charge in [0, 0.05) is 32.3 Å². The molecule has 31 heavy (non-hydrogen) atoms. The Bertz CT molecular complexity index is 936. The number of rotatable bonds is 6. The molecule has 0 bridgehead atoms. The Hall–Kier alpha value is -2.67. The van der Waals surface area contributed by atoms with Gasteiger partial charge in [-0.15, -0.1) is 0 Å². The first-order valence-corrected chi connectivity index (χ1v) is 11.6. The molecule has 0 N–H and O–H groups in total. The number of thiophene rings is 1. The summed E-state index contributed by atoms with van der Waals surface area (Å²) in [6.45, 7) is 3.10. The fourth-order valence-corrected chi connectivity index (χ4v) is 5.00. The van der Waals surface area contributed by atoms with Crippen LogP contribution in [0.5, 0.6) is 5.75 Å². The summed E-state index contributed by atoms with van der Waals surface area (Å²) in [6.07, 6.45) is 6.56. The molecule has 7 heteroatoms. The molecule has 2 saturated heterocycles. The van der Waals surface area contributed by atoms with Gasteiger partial charge in [-0.05, 0) is 65.3 Å². The molecule has 3 heterocycles. The minimum absolute atomic E-state index is 0.0467. The predicted octanol–water partition coefficient (Wildman–Crippen LogP) is 4.21. The molecule has 1 spiro atoms. The molecule has 0 atom stereocenters. The molecule has 2 fully saturated rings. The van der Waals surface area contributed by atoms with Gasteiger partial charge in [0.2, 0.25) is 11.8 Å². The zero-order valence-corrected chi connectivity index (χ0v) is 18.3.